The predicted octanol–water partition coefficient (Wildman–Crippen LogP) is 2.35. The minimum absolute atomic E-state index is 0.0858. The van der Waals surface area contributed by atoms with Crippen molar-refractivity contribution in [1.29, 1.82) is 0 Å². The highest BCUT2D eigenvalue weighted by atomic mass is 16.6. The predicted molar refractivity (Wildman–Crippen MR) is 102 cm³/mol. The van der Waals surface area contributed by atoms with Crippen molar-refractivity contribution in [3.8, 4) is 5.69 Å². The number of hydrogen-bond donors (Lipinski definition) is 1. The number of carbonyl (C=O) groups excluding carboxylic acids is 2. The smallest absolute Gasteiger partial charge is 0.343 e. The van der Waals surface area contributed by atoms with E-state index in [-0.39, 0.29) is 23.7 Å². The number of rotatable bonds is 7. The molecule has 2 aromatic heterocycles. The van der Waals surface area contributed by atoms with E-state index in [1.54, 1.807) is 31.2 Å². The number of carbonyl (C=O) groups is 2. The van der Waals surface area contributed by atoms with Crippen LogP contribution in [0.1, 0.15) is 30.2 Å². The first kappa shape index (κ1) is 19.7. The van der Waals surface area contributed by atoms with Crippen molar-refractivity contribution in [3.63, 3.8) is 0 Å². The summed E-state index contributed by atoms with van der Waals surface area (Å²) in [6, 6.07) is 8.05. The van der Waals surface area contributed by atoms with Crippen LogP contribution in [-0.4, -0.2) is 43.0 Å². The Morgan fingerprint density at radius 1 is 1.24 bits per heavy atom. The molecule has 0 aliphatic rings. The molecule has 3 aromatic rings. The molecule has 1 atom stereocenters. The zero-order valence-corrected chi connectivity index (χ0v) is 15.7. The fraction of sp³-hybridized carbons (Fsp3) is 0.222. The number of nitro groups is 1. The Labute approximate surface area is 165 Å². The standard InChI is InChI=1S/C18H18N6O5/c1-3-29-18(26)15-10-20-23(13-7-5-4-6-8-13)16(15)21-17(25)12(2)22-11-14(9-19-22)24(27)28/h4-12H,3H2,1-2H3,(H,21,25). The molecule has 1 N–H and O–H groups in total. The van der Waals surface area contributed by atoms with Gasteiger partial charge in [-0.05, 0) is 26.0 Å². The van der Waals surface area contributed by atoms with Crippen LogP contribution in [0.5, 0.6) is 0 Å². The van der Waals surface area contributed by atoms with Gasteiger partial charge in [0.2, 0.25) is 5.91 Å². The molecule has 0 fully saturated rings. The first-order chi connectivity index (χ1) is 13.9. The van der Waals surface area contributed by atoms with E-state index in [1.165, 1.54) is 22.5 Å². The molecule has 2 heterocycles. The van der Waals surface area contributed by atoms with Gasteiger partial charge < -0.3 is 10.1 Å². The lowest BCUT2D eigenvalue weighted by molar-refractivity contribution is -0.385. The summed E-state index contributed by atoms with van der Waals surface area (Å²) < 4.78 is 7.61. The molecular formula is C18H18N6O5. The molecule has 11 heteroatoms. The Morgan fingerprint density at radius 2 is 1.97 bits per heavy atom. The molecule has 0 aliphatic heterocycles. The van der Waals surface area contributed by atoms with Gasteiger partial charge in [-0.2, -0.15) is 10.2 Å². The summed E-state index contributed by atoms with van der Waals surface area (Å²) in [6.45, 7) is 3.36. The lowest BCUT2D eigenvalue weighted by atomic mass is 10.2. The van der Waals surface area contributed by atoms with Gasteiger partial charge in [0.1, 0.15) is 24.0 Å². The van der Waals surface area contributed by atoms with Crippen molar-refractivity contribution in [2.45, 2.75) is 19.9 Å². The van der Waals surface area contributed by atoms with Crippen molar-refractivity contribution in [1.82, 2.24) is 19.6 Å². The van der Waals surface area contributed by atoms with Gasteiger partial charge in [0.15, 0.2) is 5.82 Å². The van der Waals surface area contributed by atoms with Gasteiger partial charge in [-0.1, -0.05) is 18.2 Å². The van der Waals surface area contributed by atoms with E-state index in [0.717, 1.165) is 12.4 Å². The van der Waals surface area contributed by atoms with Crippen LogP contribution in [0, 0.1) is 10.1 Å². The molecule has 1 unspecified atom stereocenters. The van der Waals surface area contributed by atoms with Gasteiger partial charge >= 0.3 is 11.7 Å². The van der Waals surface area contributed by atoms with E-state index in [4.69, 9.17) is 4.74 Å². The summed E-state index contributed by atoms with van der Waals surface area (Å²) >= 11 is 0. The first-order valence-corrected chi connectivity index (χ1v) is 8.72. The molecule has 29 heavy (non-hydrogen) atoms. The van der Waals surface area contributed by atoms with Crippen molar-refractivity contribution < 1.29 is 19.2 Å². The van der Waals surface area contributed by atoms with Gasteiger partial charge in [0.25, 0.3) is 0 Å². The second-order valence-electron chi connectivity index (χ2n) is 5.98. The Morgan fingerprint density at radius 3 is 2.59 bits per heavy atom. The molecule has 0 aliphatic carbocycles. The number of nitrogens with one attached hydrogen (secondary N) is 1. The highest BCUT2D eigenvalue weighted by Gasteiger charge is 2.25. The summed E-state index contributed by atoms with van der Waals surface area (Å²) in [5.41, 5.74) is 0.481. The molecule has 150 valence electrons. The summed E-state index contributed by atoms with van der Waals surface area (Å²) in [4.78, 5) is 35.3. The lowest BCUT2D eigenvalue weighted by Gasteiger charge is -2.15. The highest BCUT2D eigenvalue weighted by Crippen LogP contribution is 2.23. The maximum Gasteiger partial charge on any atom is 0.343 e. The number of esters is 1. The molecule has 0 bridgehead atoms. The fourth-order valence-electron chi connectivity index (χ4n) is 2.57. The Bertz CT molecular complexity index is 1040. The molecule has 3 rings (SSSR count). The van der Waals surface area contributed by atoms with E-state index in [2.05, 4.69) is 15.5 Å². The third-order valence-corrected chi connectivity index (χ3v) is 4.08. The van der Waals surface area contributed by atoms with Gasteiger partial charge in [-0.25, -0.2) is 9.48 Å². The van der Waals surface area contributed by atoms with Crippen molar-refractivity contribution in [3.05, 3.63) is 64.6 Å². The van der Waals surface area contributed by atoms with Crippen molar-refractivity contribution in [2.75, 3.05) is 11.9 Å². The number of anilines is 1. The van der Waals surface area contributed by atoms with Crippen LogP contribution in [0.15, 0.2) is 48.9 Å². The van der Waals surface area contributed by atoms with Crippen LogP contribution in [0.25, 0.3) is 5.69 Å². The van der Waals surface area contributed by atoms with Gasteiger partial charge in [-0.15, -0.1) is 0 Å². The van der Waals surface area contributed by atoms with Gasteiger partial charge in [0, 0.05) is 0 Å². The highest BCUT2D eigenvalue weighted by molar-refractivity contribution is 6.01. The average molecular weight is 398 g/mol. The average Bonchev–Trinajstić information content (AvgIpc) is 3.36. The normalized spacial score (nSPS) is 11.7. The number of ether oxygens (including phenoxy) is 1. The van der Waals surface area contributed by atoms with E-state index in [9.17, 15) is 19.7 Å². The van der Waals surface area contributed by atoms with E-state index >= 15 is 0 Å². The minimum atomic E-state index is -0.877. The zero-order valence-electron chi connectivity index (χ0n) is 15.7. The van der Waals surface area contributed by atoms with Crippen molar-refractivity contribution in [2.24, 2.45) is 0 Å². The second-order valence-corrected chi connectivity index (χ2v) is 5.98. The molecule has 0 saturated carbocycles. The van der Waals surface area contributed by atoms with E-state index in [0.29, 0.717) is 5.69 Å². The Kier molecular flexibility index (Phi) is 5.67. The second kappa shape index (κ2) is 8.33. The molecule has 0 radical (unpaired) electrons. The van der Waals surface area contributed by atoms with E-state index in [1.807, 2.05) is 6.07 Å². The largest absolute Gasteiger partial charge is 0.462 e. The summed E-state index contributed by atoms with van der Waals surface area (Å²) in [7, 11) is 0. The van der Waals surface area contributed by atoms with Crippen molar-refractivity contribution >= 4 is 23.4 Å². The van der Waals surface area contributed by atoms with Crippen LogP contribution >= 0.6 is 0 Å². The number of nitrogens with zero attached hydrogens (tertiary/aromatic N) is 5. The third-order valence-electron chi connectivity index (χ3n) is 4.08. The minimum Gasteiger partial charge on any atom is -0.462 e. The molecule has 0 saturated heterocycles. The molecule has 0 spiro atoms. The molecule has 1 aromatic carbocycles. The number of para-hydroxylation sites is 1. The Balaban J connectivity index is 1.93. The third kappa shape index (κ3) is 4.13. The SMILES string of the molecule is CCOC(=O)c1cnn(-c2ccccc2)c1NC(=O)C(C)n1cc([N+](=O)[O-])cn1. The van der Waals surface area contributed by atoms with Crippen LogP contribution in [0.4, 0.5) is 11.5 Å². The topological polar surface area (TPSA) is 134 Å². The monoisotopic (exact) mass is 398 g/mol. The summed E-state index contributed by atoms with van der Waals surface area (Å²) in [5, 5.41) is 21.5. The van der Waals surface area contributed by atoms with E-state index < -0.39 is 22.8 Å². The Hall–Kier alpha value is -4.02. The van der Waals surface area contributed by atoms with Crippen LogP contribution in [-0.2, 0) is 9.53 Å². The fourth-order valence-corrected chi connectivity index (χ4v) is 2.57. The van der Waals surface area contributed by atoms with Crippen LogP contribution in [0.3, 0.4) is 0 Å². The van der Waals surface area contributed by atoms with Crippen LogP contribution in [0.2, 0.25) is 0 Å². The number of amides is 1. The number of aromatic nitrogens is 4. The van der Waals surface area contributed by atoms with Crippen LogP contribution < -0.4 is 5.32 Å². The van der Waals surface area contributed by atoms with Gasteiger partial charge in [0.05, 0.1) is 23.4 Å². The molecular weight excluding hydrogens is 380 g/mol. The summed E-state index contributed by atoms with van der Waals surface area (Å²) in [5.74, 6) is -1.04. The molecule has 11 nitrogen and oxygen atoms in total. The number of benzene rings is 1. The quantitative estimate of drug-likeness (QED) is 0.367. The maximum atomic E-state index is 12.8. The first-order valence-electron chi connectivity index (χ1n) is 8.72. The maximum absolute atomic E-state index is 12.8. The lowest BCUT2D eigenvalue weighted by Crippen LogP contribution is -2.26. The number of hydrogen-bond acceptors (Lipinski definition) is 7. The zero-order chi connectivity index (χ0) is 21.0. The molecule has 1 amide bonds. The van der Waals surface area contributed by atoms with Gasteiger partial charge in [-0.3, -0.25) is 19.6 Å². The summed E-state index contributed by atoms with van der Waals surface area (Å²) in [6.07, 6.45) is 3.52.